The zero-order valence-electron chi connectivity index (χ0n) is 11.9. The van der Waals surface area contributed by atoms with Gasteiger partial charge in [-0.05, 0) is 25.2 Å². The van der Waals surface area contributed by atoms with Crippen LogP contribution in [-0.4, -0.2) is 63.8 Å². The summed E-state index contributed by atoms with van der Waals surface area (Å²) in [4.78, 5) is 4.29. The molecule has 2 aliphatic rings. The Morgan fingerprint density at radius 2 is 2.30 bits per heavy atom. The van der Waals surface area contributed by atoms with Crippen LogP contribution in [0.15, 0.2) is 4.99 Å². The minimum Gasteiger partial charge on any atom is -0.376 e. The normalized spacial score (nSPS) is 28.9. The van der Waals surface area contributed by atoms with Crippen LogP contribution in [0.25, 0.3) is 0 Å². The van der Waals surface area contributed by atoms with E-state index in [4.69, 9.17) is 10.5 Å². The minimum absolute atomic E-state index is 0.232. The van der Waals surface area contributed by atoms with Crippen molar-refractivity contribution in [2.24, 2.45) is 16.6 Å². The molecule has 0 aliphatic carbocycles. The summed E-state index contributed by atoms with van der Waals surface area (Å²) in [5.41, 5.74) is 5.80. The molecular formula is C12H24N4O3S. The van der Waals surface area contributed by atoms with E-state index in [0.29, 0.717) is 32.1 Å². The summed E-state index contributed by atoms with van der Waals surface area (Å²) in [7, 11) is -3.07. The third-order valence-electron chi connectivity index (χ3n) is 3.77. The predicted octanol–water partition coefficient (Wildman–Crippen LogP) is -0.649. The highest BCUT2D eigenvalue weighted by molar-refractivity contribution is 7.88. The molecule has 0 spiro atoms. The average Bonchev–Trinajstić information content (AvgIpc) is 3.04. The van der Waals surface area contributed by atoms with E-state index in [0.717, 1.165) is 25.9 Å². The molecule has 0 saturated carbocycles. The largest absolute Gasteiger partial charge is 0.376 e. The van der Waals surface area contributed by atoms with Crippen LogP contribution in [0.3, 0.4) is 0 Å². The molecule has 2 heterocycles. The van der Waals surface area contributed by atoms with Crippen molar-refractivity contribution in [3.8, 4) is 0 Å². The van der Waals surface area contributed by atoms with Crippen molar-refractivity contribution in [1.82, 2.24) is 9.62 Å². The van der Waals surface area contributed by atoms with Crippen LogP contribution in [0.4, 0.5) is 0 Å². The van der Waals surface area contributed by atoms with Crippen LogP contribution in [0.1, 0.15) is 19.3 Å². The van der Waals surface area contributed by atoms with E-state index in [9.17, 15) is 8.42 Å². The molecule has 0 radical (unpaired) electrons. The van der Waals surface area contributed by atoms with E-state index in [-0.39, 0.29) is 12.0 Å². The Balaban J connectivity index is 1.69. The van der Waals surface area contributed by atoms with Crippen molar-refractivity contribution >= 4 is 16.0 Å². The highest BCUT2D eigenvalue weighted by atomic mass is 32.2. The molecule has 2 fully saturated rings. The fourth-order valence-corrected chi connectivity index (χ4v) is 3.47. The maximum absolute atomic E-state index is 11.4. The van der Waals surface area contributed by atoms with Crippen molar-refractivity contribution in [1.29, 1.82) is 0 Å². The van der Waals surface area contributed by atoms with Gasteiger partial charge in [-0.15, -0.1) is 0 Å². The Kier molecular flexibility index (Phi) is 5.22. The number of sulfonamides is 1. The summed E-state index contributed by atoms with van der Waals surface area (Å²) in [6, 6.07) is 0. The Morgan fingerprint density at radius 3 is 2.90 bits per heavy atom. The number of aliphatic imine (C=N–C) groups is 1. The van der Waals surface area contributed by atoms with Gasteiger partial charge in [0.2, 0.25) is 10.0 Å². The van der Waals surface area contributed by atoms with Crippen LogP contribution in [0.5, 0.6) is 0 Å². The lowest BCUT2D eigenvalue weighted by Gasteiger charge is -2.13. The molecule has 2 atom stereocenters. The molecule has 20 heavy (non-hydrogen) atoms. The molecule has 0 aromatic rings. The molecule has 7 nitrogen and oxygen atoms in total. The first-order valence-electron chi connectivity index (χ1n) is 7.05. The number of nitrogens with zero attached hydrogens (tertiary/aromatic N) is 2. The molecule has 0 amide bonds. The monoisotopic (exact) mass is 304 g/mol. The first kappa shape index (κ1) is 15.5. The lowest BCUT2D eigenvalue weighted by atomic mass is 10.1. The molecule has 0 bridgehead atoms. The molecule has 116 valence electrons. The molecular weight excluding hydrogens is 280 g/mol. The maximum Gasteiger partial charge on any atom is 0.211 e. The van der Waals surface area contributed by atoms with Crippen molar-refractivity contribution in [3.05, 3.63) is 0 Å². The van der Waals surface area contributed by atoms with Gasteiger partial charge in [-0.25, -0.2) is 12.7 Å². The molecule has 8 heteroatoms. The van der Waals surface area contributed by atoms with Gasteiger partial charge in [-0.2, -0.15) is 0 Å². The van der Waals surface area contributed by atoms with E-state index in [1.807, 2.05) is 0 Å². The second kappa shape index (κ2) is 6.73. The highest BCUT2D eigenvalue weighted by Gasteiger charge is 2.28. The van der Waals surface area contributed by atoms with Gasteiger partial charge in [-0.3, -0.25) is 4.99 Å². The van der Waals surface area contributed by atoms with Crippen LogP contribution >= 0.6 is 0 Å². The second-order valence-electron chi connectivity index (χ2n) is 5.52. The Hall–Kier alpha value is -0.860. The van der Waals surface area contributed by atoms with Gasteiger partial charge in [0.25, 0.3) is 0 Å². The third kappa shape index (κ3) is 4.60. The van der Waals surface area contributed by atoms with Crippen molar-refractivity contribution in [2.75, 3.05) is 39.0 Å². The Labute approximate surface area is 120 Å². The number of rotatable bonds is 5. The number of hydrogen-bond acceptors (Lipinski definition) is 4. The summed E-state index contributed by atoms with van der Waals surface area (Å²) < 4.78 is 29.8. The van der Waals surface area contributed by atoms with Crippen LogP contribution < -0.4 is 11.1 Å². The van der Waals surface area contributed by atoms with Gasteiger partial charge < -0.3 is 15.8 Å². The number of nitrogens with one attached hydrogen (secondary N) is 1. The summed E-state index contributed by atoms with van der Waals surface area (Å²) in [5.74, 6) is 0.672. The smallest absolute Gasteiger partial charge is 0.211 e. The fraction of sp³-hybridized carbons (Fsp3) is 0.917. The van der Waals surface area contributed by atoms with Crippen molar-refractivity contribution < 1.29 is 13.2 Å². The van der Waals surface area contributed by atoms with Gasteiger partial charge in [0.05, 0.1) is 12.4 Å². The molecule has 2 saturated heterocycles. The average molecular weight is 304 g/mol. The van der Waals surface area contributed by atoms with E-state index >= 15 is 0 Å². The predicted molar refractivity (Wildman–Crippen MR) is 78.0 cm³/mol. The minimum atomic E-state index is -3.07. The summed E-state index contributed by atoms with van der Waals surface area (Å²) >= 11 is 0. The van der Waals surface area contributed by atoms with E-state index < -0.39 is 10.0 Å². The van der Waals surface area contributed by atoms with E-state index in [1.165, 1.54) is 10.6 Å². The molecule has 0 aromatic carbocycles. The lowest BCUT2D eigenvalue weighted by molar-refractivity contribution is 0.114. The second-order valence-corrected chi connectivity index (χ2v) is 7.50. The zero-order valence-corrected chi connectivity index (χ0v) is 12.7. The van der Waals surface area contributed by atoms with Gasteiger partial charge in [0, 0.05) is 32.8 Å². The number of ether oxygens (including phenoxy) is 1. The molecule has 0 aromatic heterocycles. The van der Waals surface area contributed by atoms with Gasteiger partial charge in [0.1, 0.15) is 0 Å². The van der Waals surface area contributed by atoms with Gasteiger partial charge in [-0.1, -0.05) is 0 Å². The van der Waals surface area contributed by atoms with E-state index in [2.05, 4.69) is 10.3 Å². The lowest BCUT2D eigenvalue weighted by Crippen LogP contribution is -2.37. The Morgan fingerprint density at radius 1 is 1.50 bits per heavy atom. The number of hydrogen-bond donors (Lipinski definition) is 2. The van der Waals surface area contributed by atoms with Crippen LogP contribution in [0.2, 0.25) is 0 Å². The zero-order chi connectivity index (χ0) is 14.6. The van der Waals surface area contributed by atoms with Gasteiger partial charge in [0.15, 0.2) is 5.96 Å². The number of nitrogens with two attached hydrogens (primary N) is 1. The standard InChI is InChI=1S/C12H24N4O3S/c1-20(17,18)16-5-4-10(9-16)7-14-12(13)15-8-11-3-2-6-19-11/h10-11H,2-9H2,1H3,(H3,13,14,15). The summed E-state index contributed by atoms with van der Waals surface area (Å²) in [5, 5.41) is 3.06. The van der Waals surface area contributed by atoms with Crippen molar-refractivity contribution in [2.45, 2.75) is 25.4 Å². The van der Waals surface area contributed by atoms with Crippen molar-refractivity contribution in [3.63, 3.8) is 0 Å². The summed E-state index contributed by atoms with van der Waals surface area (Å²) in [6.07, 6.45) is 4.49. The molecule has 3 N–H and O–H groups in total. The van der Waals surface area contributed by atoms with Crippen LogP contribution in [0, 0.1) is 5.92 Å². The first-order chi connectivity index (χ1) is 9.45. The number of guanidine groups is 1. The quantitative estimate of drug-likeness (QED) is 0.520. The topological polar surface area (TPSA) is 97.0 Å². The summed E-state index contributed by atoms with van der Waals surface area (Å²) in [6.45, 7) is 3.21. The highest BCUT2D eigenvalue weighted by Crippen LogP contribution is 2.18. The Bertz CT molecular complexity index is 446. The van der Waals surface area contributed by atoms with Crippen LogP contribution in [-0.2, 0) is 14.8 Å². The molecule has 2 rings (SSSR count). The first-order valence-corrected chi connectivity index (χ1v) is 8.90. The fourth-order valence-electron chi connectivity index (χ4n) is 2.55. The third-order valence-corrected chi connectivity index (χ3v) is 5.04. The molecule has 2 unspecified atom stereocenters. The van der Waals surface area contributed by atoms with Gasteiger partial charge >= 0.3 is 0 Å². The molecule has 2 aliphatic heterocycles. The SMILES string of the molecule is CS(=O)(=O)N1CCC(CN=C(N)NCC2CCCO2)C1. The maximum atomic E-state index is 11.4. The van der Waals surface area contributed by atoms with E-state index in [1.54, 1.807) is 0 Å².